The van der Waals surface area contributed by atoms with Gasteiger partial charge in [0, 0.05) is 77.3 Å². The number of benzene rings is 1. The number of hydrogen-bond donors (Lipinski definition) is 3. The van der Waals surface area contributed by atoms with Gasteiger partial charge in [-0.1, -0.05) is 76.3 Å². The molecule has 1 aromatic heterocycles. The predicted molar refractivity (Wildman–Crippen MR) is 197 cm³/mol. The smallest absolute Gasteiger partial charge is 0.410 e. The summed E-state index contributed by atoms with van der Waals surface area (Å²) in [4.78, 5) is 66.1. The first-order chi connectivity index (χ1) is 25.0. The second-order valence-electron chi connectivity index (χ2n) is 14.9. The van der Waals surface area contributed by atoms with Gasteiger partial charge in [-0.2, -0.15) is 0 Å². The van der Waals surface area contributed by atoms with Crippen LogP contribution in [0.3, 0.4) is 0 Å². The highest BCUT2D eigenvalue weighted by atomic mass is 16.6. The molecule has 13 heteroatoms. The molecule has 4 atom stereocenters. The van der Waals surface area contributed by atoms with Crippen LogP contribution >= 0.6 is 0 Å². The fraction of sp³-hybridized carbons (Fsp3) is 0.667. The number of amides is 4. The lowest BCUT2D eigenvalue weighted by Gasteiger charge is -2.37. The van der Waals surface area contributed by atoms with Gasteiger partial charge in [-0.15, -0.1) is 0 Å². The molecule has 2 aromatic rings. The van der Waals surface area contributed by atoms with E-state index in [0.29, 0.717) is 56.8 Å². The lowest BCUT2D eigenvalue weighted by atomic mass is 9.76. The molecule has 0 bridgehead atoms. The number of nitrogens with one attached hydrogen (secondary N) is 2. The third-order valence-electron chi connectivity index (χ3n) is 10.4. The van der Waals surface area contributed by atoms with E-state index >= 15 is 0 Å². The first-order valence-corrected chi connectivity index (χ1v) is 19.0. The topological polar surface area (TPSA) is 157 Å². The third kappa shape index (κ3) is 12.9. The number of imidazole rings is 1. The van der Waals surface area contributed by atoms with Crippen LogP contribution in [0.15, 0.2) is 42.9 Å². The maximum Gasteiger partial charge on any atom is 0.410 e. The fourth-order valence-corrected chi connectivity index (χ4v) is 7.17. The van der Waals surface area contributed by atoms with E-state index in [-0.39, 0.29) is 43.5 Å². The van der Waals surface area contributed by atoms with Crippen molar-refractivity contribution in [3.05, 3.63) is 54.1 Å². The van der Waals surface area contributed by atoms with Crippen molar-refractivity contribution in [1.29, 1.82) is 0 Å². The van der Waals surface area contributed by atoms with Gasteiger partial charge in [-0.3, -0.25) is 14.4 Å². The minimum atomic E-state index is -1.25. The Labute approximate surface area is 308 Å². The summed E-state index contributed by atoms with van der Waals surface area (Å²) in [6.07, 6.45) is 8.03. The maximum atomic E-state index is 14.2. The molecular formula is C39H60N6O7. The molecule has 1 saturated carbocycles. The van der Waals surface area contributed by atoms with Gasteiger partial charge in [0.05, 0.1) is 25.6 Å². The highest BCUT2D eigenvalue weighted by Gasteiger charge is 2.35. The summed E-state index contributed by atoms with van der Waals surface area (Å²) in [5.74, 6) is -0.281. The number of rotatable bonds is 18. The Morgan fingerprint density at radius 2 is 1.73 bits per heavy atom. The minimum Gasteiger partial charge on any atom is -0.436 e. The number of aliphatic hydroxyl groups is 1. The van der Waals surface area contributed by atoms with Gasteiger partial charge in [0.1, 0.15) is 6.04 Å². The van der Waals surface area contributed by atoms with Crippen LogP contribution in [-0.4, -0.2) is 125 Å². The van der Waals surface area contributed by atoms with Crippen LogP contribution in [0.2, 0.25) is 0 Å². The Morgan fingerprint density at radius 3 is 2.38 bits per heavy atom. The van der Waals surface area contributed by atoms with Gasteiger partial charge in [0.25, 0.3) is 5.91 Å². The molecule has 4 rings (SSSR count). The second-order valence-corrected chi connectivity index (χ2v) is 14.9. The van der Waals surface area contributed by atoms with E-state index in [1.54, 1.807) is 23.0 Å². The molecule has 1 aliphatic carbocycles. The molecule has 2 heterocycles. The molecule has 1 aliphatic heterocycles. The first-order valence-electron chi connectivity index (χ1n) is 19.0. The molecule has 4 amide bonds. The molecule has 2 aliphatic rings. The Kier molecular flexibility index (Phi) is 16.4. The van der Waals surface area contributed by atoms with E-state index in [1.165, 1.54) is 24.7 Å². The maximum absolute atomic E-state index is 14.2. The zero-order valence-electron chi connectivity index (χ0n) is 31.5. The molecule has 0 spiro atoms. The third-order valence-corrected chi connectivity index (χ3v) is 10.4. The minimum absolute atomic E-state index is 0.0750. The van der Waals surface area contributed by atoms with Crippen molar-refractivity contribution in [1.82, 2.24) is 30.0 Å². The zero-order valence-corrected chi connectivity index (χ0v) is 31.5. The Hall–Kier alpha value is -3.97. The summed E-state index contributed by atoms with van der Waals surface area (Å²) in [5.41, 5.74) is 1.44. The van der Waals surface area contributed by atoms with Gasteiger partial charge in [-0.05, 0) is 30.2 Å². The van der Waals surface area contributed by atoms with Crippen LogP contribution in [0, 0.1) is 17.8 Å². The summed E-state index contributed by atoms with van der Waals surface area (Å²) in [6.45, 7) is 6.78. The van der Waals surface area contributed by atoms with E-state index in [2.05, 4.69) is 29.1 Å². The van der Waals surface area contributed by atoms with Gasteiger partial charge in [0.2, 0.25) is 11.8 Å². The van der Waals surface area contributed by atoms with Crippen molar-refractivity contribution >= 4 is 23.8 Å². The highest BCUT2D eigenvalue weighted by Crippen LogP contribution is 2.34. The van der Waals surface area contributed by atoms with Gasteiger partial charge >= 0.3 is 6.09 Å². The van der Waals surface area contributed by atoms with Crippen molar-refractivity contribution in [3.8, 4) is 0 Å². The summed E-state index contributed by atoms with van der Waals surface area (Å²) < 4.78 is 11.1. The average Bonchev–Trinajstić information content (AvgIpc) is 3.68. The predicted octanol–water partition coefficient (Wildman–Crippen LogP) is 3.82. The fourth-order valence-electron chi connectivity index (χ4n) is 7.17. The largest absolute Gasteiger partial charge is 0.436 e. The highest BCUT2D eigenvalue weighted by molar-refractivity contribution is 5.90. The second kappa shape index (κ2) is 20.9. The summed E-state index contributed by atoms with van der Waals surface area (Å²) in [6, 6.07) is 8.24. The standard InChI is InChI=1S/C39H60N6O7/c1-28(2)15-16-34(46)32(30-13-9-6-10-14-30)26-44(4)38(49)33(24-31-25-40-27-41-31)42-37(48)35(23-29-11-7-5-8-12-29)52-39(50)43(3)18-17-36(47)45-19-21-51-22-20-45/h5,7-8,11-12,25,27-28,30,32-35,46H,6,9-10,13-24,26H2,1-4H3,(H,40,41)(H,42,48)/t32-,33+,34+,35+/m1/s1. The van der Waals surface area contributed by atoms with Gasteiger partial charge in [0.15, 0.2) is 6.10 Å². The lowest BCUT2D eigenvalue weighted by Crippen LogP contribution is -2.54. The number of H-pyrrole nitrogens is 1. The molecule has 52 heavy (non-hydrogen) atoms. The van der Waals surface area contributed by atoms with E-state index in [0.717, 1.165) is 37.7 Å². The number of ether oxygens (including phenoxy) is 2. The molecule has 1 aromatic carbocycles. The SMILES string of the molecule is CC(C)CC[C@H](O)[C@H](CN(C)C(=O)[C@H](Cc1cnc[nH]1)NC(=O)[C@H](Cc1ccccc1)OC(=O)N(C)CCC(=O)N1CCOCC1)C1CCCCC1. The molecule has 3 N–H and O–H groups in total. The first kappa shape index (κ1) is 40.8. The van der Waals surface area contributed by atoms with Crippen LogP contribution in [0.5, 0.6) is 0 Å². The molecule has 288 valence electrons. The number of morpholine rings is 1. The quantitative estimate of drug-likeness (QED) is 0.210. The summed E-state index contributed by atoms with van der Waals surface area (Å²) in [7, 11) is 3.26. The van der Waals surface area contributed by atoms with Gasteiger partial charge in [-0.25, -0.2) is 9.78 Å². The number of carbonyl (C=O) groups excluding carboxylic acids is 4. The number of aromatic nitrogens is 2. The number of aromatic amines is 1. The number of nitrogens with zero attached hydrogens (tertiary/aromatic N) is 4. The van der Waals surface area contributed by atoms with Crippen molar-refractivity contribution in [3.63, 3.8) is 0 Å². The molecule has 0 radical (unpaired) electrons. The average molecular weight is 725 g/mol. The summed E-state index contributed by atoms with van der Waals surface area (Å²) in [5, 5.41) is 14.3. The Balaban J connectivity index is 1.48. The summed E-state index contributed by atoms with van der Waals surface area (Å²) >= 11 is 0. The molecule has 0 unspecified atom stereocenters. The van der Waals surface area contributed by atoms with Crippen molar-refractivity contribution in [2.75, 3.05) is 53.5 Å². The van der Waals surface area contributed by atoms with Crippen LogP contribution in [0.1, 0.15) is 76.5 Å². The van der Waals surface area contributed by atoms with Crippen molar-refractivity contribution < 1.29 is 33.8 Å². The van der Waals surface area contributed by atoms with E-state index in [4.69, 9.17) is 9.47 Å². The molecule has 1 saturated heterocycles. The van der Waals surface area contributed by atoms with Crippen LogP contribution in [-0.2, 0) is 36.7 Å². The van der Waals surface area contributed by atoms with Crippen molar-refractivity contribution in [2.24, 2.45) is 17.8 Å². The van der Waals surface area contributed by atoms with E-state index in [9.17, 15) is 24.3 Å². The number of aliphatic hydroxyl groups excluding tert-OH is 1. The number of carbonyl (C=O) groups is 4. The normalized spacial score (nSPS) is 17.5. The van der Waals surface area contributed by atoms with E-state index < -0.39 is 30.3 Å². The molecular weight excluding hydrogens is 664 g/mol. The van der Waals surface area contributed by atoms with Crippen LogP contribution < -0.4 is 5.32 Å². The van der Waals surface area contributed by atoms with E-state index in [1.807, 2.05) is 30.3 Å². The van der Waals surface area contributed by atoms with Crippen LogP contribution in [0.4, 0.5) is 4.79 Å². The number of likely N-dealkylation sites (N-methyl/N-ethyl adjacent to an activating group) is 1. The molecule has 2 fully saturated rings. The molecule has 13 nitrogen and oxygen atoms in total. The zero-order chi connectivity index (χ0) is 37.5. The monoisotopic (exact) mass is 724 g/mol. The Morgan fingerprint density at radius 1 is 1.02 bits per heavy atom. The van der Waals surface area contributed by atoms with Crippen LogP contribution in [0.25, 0.3) is 0 Å². The van der Waals surface area contributed by atoms with Gasteiger partial charge < -0.3 is 39.6 Å². The number of hydrogen-bond acceptors (Lipinski definition) is 8. The lowest BCUT2D eigenvalue weighted by molar-refractivity contribution is -0.139. The Bertz CT molecular complexity index is 1380. The van der Waals surface area contributed by atoms with Crippen molar-refractivity contribution in [2.45, 2.75) is 96.3 Å².